The van der Waals surface area contributed by atoms with Crippen LogP contribution >= 0.6 is 0 Å². The number of carbonyl (C=O) groups excluding carboxylic acids is 2. The van der Waals surface area contributed by atoms with Gasteiger partial charge in [0.25, 0.3) is 5.91 Å². The molecule has 0 bridgehead atoms. The topological polar surface area (TPSA) is 65.6 Å². The highest BCUT2D eigenvalue weighted by atomic mass is 16.5. The van der Waals surface area contributed by atoms with E-state index in [9.17, 15) is 9.59 Å². The second kappa shape index (κ2) is 6.74. The Balaban J connectivity index is 1.66. The molecule has 2 aliphatic rings. The van der Waals surface area contributed by atoms with E-state index in [1.165, 1.54) is 0 Å². The number of aromatic amines is 1. The van der Waals surface area contributed by atoms with Gasteiger partial charge in [-0.2, -0.15) is 0 Å². The SMILES string of the molecule is Cc1cc(C)c(C(=O)N2CCCC(C(=O)N3CCOCC3)C2)[nH]1. The molecule has 1 aromatic heterocycles. The maximum atomic E-state index is 12.7. The van der Waals surface area contributed by atoms with Gasteiger partial charge in [0.15, 0.2) is 0 Å². The second-order valence-electron chi connectivity index (χ2n) is 6.54. The number of piperidine rings is 1. The van der Waals surface area contributed by atoms with Crippen LogP contribution in [0.15, 0.2) is 6.07 Å². The van der Waals surface area contributed by atoms with E-state index >= 15 is 0 Å². The van der Waals surface area contributed by atoms with Crippen LogP contribution in [0, 0.1) is 19.8 Å². The average molecular weight is 319 g/mol. The first kappa shape index (κ1) is 16.1. The number of carbonyl (C=O) groups is 2. The maximum Gasteiger partial charge on any atom is 0.270 e. The molecule has 0 radical (unpaired) electrons. The van der Waals surface area contributed by atoms with Crippen molar-refractivity contribution in [1.29, 1.82) is 0 Å². The third kappa shape index (κ3) is 3.42. The molecule has 0 spiro atoms. The van der Waals surface area contributed by atoms with Gasteiger partial charge in [-0.3, -0.25) is 9.59 Å². The molecule has 2 amide bonds. The Morgan fingerprint density at radius 1 is 1.17 bits per heavy atom. The number of rotatable bonds is 2. The van der Waals surface area contributed by atoms with Crippen molar-refractivity contribution in [3.8, 4) is 0 Å². The lowest BCUT2D eigenvalue weighted by molar-refractivity contribution is -0.141. The number of nitrogens with one attached hydrogen (secondary N) is 1. The number of morpholine rings is 1. The smallest absolute Gasteiger partial charge is 0.270 e. The fourth-order valence-electron chi connectivity index (χ4n) is 3.51. The molecule has 2 saturated heterocycles. The number of nitrogens with zero attached hydrogens (tertiary/aromatic N) is 2. The third-order valence-electron chi connectivity index (χ3n) is 4.74. The van der Waals surface area contributed by atoms with E-state index in [0.717, 1.165) is 30.6 Å². The van der Waals surface area contributed by atoms with Crippen LogP contribution in [0.1, 0.15) is 34.6 Å². The number of likely N-dealkylation sites (tertiary alicyclic amines) is 1. The number of hydrogen-bond acceptors (Lipinski definition) is 3. The zero-order valence-corrected chi connectivity index (χ0v) is 13.9. The molecule has 1 N–H and O–H groups in total. The monoisotopic (exact) mass is 319 g/mol. The van der Waals surface area contributed by atoms with Gasteiger partial charge in [0, 0.05) is 31.9 Å². The minimum Gasteiger partial charge on any atom is -0.378 e. The average Bonchev–Trinajstić information content (AvgIpc) is 2.93. The van der Waals surface area contributed by atoms with Gasteiger partial charge in [-0.1, -0.05) is 0 Å². The molecule has 1 unspecified atom stereocenters. The first-order valence-corrected chi connectivity index (χ1v) is 8.38. The van der Waals surface area contributed by atoms with E-state index in [1.807, 2.05) is 29.7 Å². The largest absolute Gasteiger partial charge is 0.378 e. The highest BCUT2D eigenvalue weighted by molar-refractivity contribution is 5.94. The zero-order valence-electron chi connectivity index (χ0n) is 13.9. The summed E-state index contributed by atoms with van der Waals surface area (Å²) in [5, 5.41) is 0. The molecule has 6 nitrogen and oxygen atoms in total. The van der Waals surface area contributed by atoms with Crippen LogP contribution in [0.25, 0.3) is 0 Å². The summed E-state index contributed by atoms with van der Waals surface area (Å²) in [4.78, 5) is 32.2. The van der Waals surface area contributed by atoms with Gasteiger partial charge in [0.05, 0.1) is 19.1 Å². The molecule has 2 fully saturated rings. The van der Waals surface area contributed by atoms with Crippen LogP contribution < -0.4 is 0 Å². The van der Waals surface area contributed by atoms with Crippen LogP contribution in [0.5, 0.6) is 0 Å². The number of hydrogen-bond donors (Lipinski definition) is 1. The predicted octanol–water partition coefficient (Wildman–Crippen LogP) is 1.34. The van der Waals surface area contributed by atoms with Gasteiger partial charge >= 0.3 is 0 Å². The van der Waals surface area contributed by atoms with Crippen LogP contribution in [-0.2, 0) is 9.53 Å². The Labute approximate surface area is 136 Å². The Kier molecular flexibility index (Phi) is 4.71. The number of H-pyrrole nitrogens is 1. The third-order valence-corrected chi connectivity index (χ3v) is 4.74. The van der Waals surface area contributed by atoms with Crippen molar-refractivity contribution < 1.29 is 14.3 Å². The van der Waals surface area contributed by atoms with Gasteiger partial charge in [0.2, 0.25) is 5.91 Å². The molecule has 1 aromatic rings. The summed E-state index contributed by atoms with van der Waals surface area (Å²) in [6.45, 7) is 7.69. The van der Waals surface area contributed by atoms with Gasteiger partial charge in [-0.25, -0.2) is 0 Å². The highest BCUT2D eigenvalue weighted by Gasteiger charge is 2.32. The highest BCUT2D eigenvalue weighted by Crippen LogP contribution is 2.22. The van der Waals surface area contributed by atoms with Crippen molar-refractivity contribution in [3.63, 3.8) is 0 Å². The van der Waals surface area contributed by atoms with E-state index in [2.05, 4.69) is 4.98 Å². The summed E-state index contributed by atoms with van der Waals surface area (Å²) in [5.74, 6) is 0.0995. The molecule has 0 aromatic carbocycles. The zero-order chi connectivity index (χ0) is 16.4. The molecule has 3 heterocycles. The van der Waals surface area contributed by atoms with E-state index in [0.29, 0.717) is 38.5 Å². The van der Waals surface area contributed by atoms with Gasteiger partial charge in [0.1, 0.15) is 5.69 Å². The standard InChI is InChI=1S/C17H25N3O3/c1-12-10-13(2)18-15(12)17(22)20-5-3-4-14(11-20)16(21)19-6-8-23-9-7-19/h10,14,18H,3-9,11H2,1-2H3. The Morgan fingerprint density at radius 3 is 2.57 bits per heavy atom. The van der Waals surface area contributed by atoms with Crippen molar-refractivity contribution in [3.05, 3.63) is 23.0 Å². The normalized spacial score (nSPS) is 22.3. The molecule has 0 aliphatic carbocycles. The number of amides is 2. The molecule has 126 valence electrons. The lowest BCUT2D eigenvalue weighted by Gasteiger charge is -2.36. The lowest BCUT2D eigenvalue weighted by Crippen LogP contribution is -2.49. The summed E-state index contributed by atoms with van der Waals surface area (Å²) in [6, 6.07) is 1.98. The summed E-state index contributed by atoms with van der Waals surface area (Å²) in [7, 11) is 0. The molecule has 6 heteroatoms. The predicted molar refractivity (Wildman–Crippen MR) is 86.3 cm³/mol. The van der Waals surface area contributed by atoms with Crippen LogP contribution in [0.4, 0.5) is 0 Å². The molecule has 2 aliphatic heterocycles. The molecule has 23 heavy (non-hydrogen) atoms. The minimum atomic E-state index is -0.0813. The van der Waals surface area contributed by atoms with Crippen molar-refractivity contribution in [2.24, 2.45) is 5.92 Å². The Hall–Kier alpha value is -1.82. The number of aryl methyl sites for hydroxylation is 2. The van der Waals surface area contributed by atoms with Crippen molar-refractivity contribution in [2.45, 2.75) is 26.7 Å². The Bertz CT molecular complexity index is 590. The Morgan fingerprint density at radius 2 is 1.91 bits per heavy atom. The van der Waals surface area contributed by atoms with Gasteiger partial charge in [-0.15, -0.1) is 0 Å². The minimum absolute atomic E-state index is 0.00933. The first-order chi connectivity index (χ1) is 11.1. The van der Waals surface area contributed by atoms with Crippen molar-refractivity contribution in [1.82, 2.24) is 14.8 Å². The summed E-state index contributed by atoms with van der Waals surface area (Å²) < 4.78 is 5.31. The van der Waals surface area contributed by atoms with Gasteiger partial charge in [-0.05, 0) is 38.3 Å². The molecule has 3 rings (SSSR count). The summed E-state index contributed by atoms with van der Waals surface area (Å²) >= 11 is 0. The summed E-state index contributed by atoms with van der Waals surface area (Å²) in [5.41, 5.74) is 2.61. The number of aromatic nitrogens is 1. The quantitative estimate of drug-likeness (QED) is 0.895. The number of ether oxygens (including phenoxy) is 1. The fourth-order valence-corrected chi connectivity index (χ4v) is 3.51. The van der Waals surface area contributed by atoms with Crippen LogP contribution in [0.2, 0.25) is 0 Å². The van der Waals surface area contributed by atoms with E-state index < -0.39 is 0 Å². The second-order valence-corrected chi connectivity index (χ2v) is 6.54. The van der Waals surface area contributed by atoms with E-state index in [4.69, 9.17) is 4.74 Å². The molecular weight excluding hydrogens is 294 g/mol. The molecule has 0 saturated carbocycles. The lowest BCUT2D eigenvalue weighted by atomic mass is 9.96. The van der Waals surface area contributed by atoms with Crippen LogP contribution in [0.3, 0.4) is 0 Å². The fraction of sp³-hybridized carbons (Fsp3) is 0.647. The maximum absolute atomic E-state index is 12.7. The van der Waals surface area contributed by atoms with E-state index in [1.54, 1.807) is 0 Å². The van der Waals surface area contributed by atoms with Crippen LogP contribution in [-0.4, -0.2) is 66.0 Å². The first-order valence-electron chi connectivity index (χ1n) is 8.38. The van der Waals surface area contributed by atoms with Crippen molar-refractivity contribution >= 4 is 11.8 Å². The molecular formula is C17H25N3O3. The van der Waals surface area contributed by atoms with E-state index in [-0.39, 0.29) is 17.7 Å². The van der Waals surface area contributed by atoms with Gasteiger partial charge < -0.3 is 19.5 Å². The van der Waals surface area contributed by atoms with Crippen molar-refractivity contribution in [2.75, 3.05) is 39.4 Å². The molecule has 1 atom stereocenters. The summed E-state index contributed by atoms with van der Waals surface area (Å²) in [6.07, 6.45) is 1.74.